The number of nitrogens with zero attached hydrogens (tertiary/aromatic N) is 2. The number of hydrogen-bond donors (Lipinski definition) is 1. The van der Waals surface area contributed by atoms with Crippen LogP contribution in [0, 0.1) is 0 Å². The number of pyridine rings is 1. The smallest absolute Gasteiger partial charge is 0.356 e. The Bertz CT molecular complexity index is 768. The van der Waals surface area contributed by atoms with E-state index in [1.54, 1.807) is 19.1 Å². The number of benzene rings is 1. The minimum atomic E-state index is -0.534. The Morgan fingerprint density at radius 3 is 2.42 bits per heavy atom. The van der Waals surface area contributed by atoms with Crippen LogP contribution in [0.15, 0.2) is 42.5 Å². The summed E-state index contributed by atoms with van der Waals surface area (Å²) in [6.45, 7) is 4.15. The lowest BCUT2D eigenvalue weighted by atomic mass is 10.1. The van der Waals surface area contributed by atoms with Crippen LogP contribution in [0.2, 0.25) is 0 Å². The number of ether oxygens (including phenoxy) is 1. The van der Waals surface area contributed by atoms with Gasteiger partial charge in [0.2, 0.25) is 0 Å². The van der Waals surface area contributed by atoms with Gasteiger partial charge < -0.3 is 15.0 Å². The molecule has 0 saturated carbocycles. The van der Waals surface area contributed by atoms with Crippen molar-refractivity contribution in [3.8, 4) is 0 Å². The summed E-state index contributed by atoms with van der Waals surface area (Å²) < 4.78 is 4.91. The first-order valence-electron chi connectivity index (χ1n) is 8.98. The quantitative estimate of drug-likeness (QED) is 0.833. The van der Waals surface area contributed by atoms with Crippen LogP contribution < -0.4 is 10.2 Å². The van der Waals surface area contributed by atoms with E-state index < -0.39 is 5.97 Å². The first-order chi connectivity index (χ1) is 12.7. The first kappa shape index (κ1) is 17.9. The zero-order valence-corrected chi connectivity index (χ0v) is 14.9. The number of anilines is 2. The molecule has 0 radical (unpaired) electrons. The van der Waals surface area contributed by atoms with Crippen molar-refractivity contribution in [1.82, 2.24) is 4.98 Å². The lowest BCUT2D eigenvalue weighted by Gasteiger charge is -2.28. The molecule has 2 heterocycles. The molecule has 1 saturated heterocycles. The molecule has 6 nitrogen and oxygen atoms in total. The fourth-order valence-electron chi connectivity index (χ4n) is 2.98. The van der Waals surface area contributed by atoms with Crippen LogP contribution in [-0.2, 0) is 4.74 Å². The molecule has 26 heavy (non-hydrogen) atoms. The summed E-state index contributed by atoms with van der Waals surface area (Å²) in [5.41, 5.74) is 2.17. The van der Waals surface area contributed by atoms with Gasteiger partial charge in [0.15, 0.2) is 0 Å². The van der Waals surface area contributed by atoms with Crippen LogP contribution in [0.1, 0.15) is 47.2 Å². The highest BCUT2D eigenvalue weighted by atomic mass is 16.5. The monoisotopic (exact) mass is 353 g/mol. The van der Waals surface area contributed by atoms with Crippen molar-refractivity contribution in [3.63, 3.8) is 0 Å². The van der Waals surface area contributed by atoms with Crippen molar-refractivity contribution in [2.45, 2.75) is 26.2 Å². The number of amides is 1. The highest BCUT2D eigenvalue weighted by Gasteiger charge is 2.14. The van der Waals surface area contributed by atoms with Crippen molar-refractivity contribution in [1.29, 1.82) is 0 Å². The second kappa shape index (κ2) is 8.47. The number of piperidine rings is 1. The lowest BCUT2D eigenvalue weighted by molar-refractivity contribution is 0.0519. The van der Waals surface area contributed by atoms with Gasteiger partial charge in [-0.3, -0.25) is 4.79 Å². The van der Waals surface area contributed by atoms with Crippen molar-refractivity contribution in [3.05, 3.63) is 53.9 Å². The van der Waals surface area contributed by atoms with E-state index in [0.29, 0.717) is 5.69 Å². The minimum absolute atomic E-state index is 0.125. The molecule has 1 amide bonds. The van der Waals surface area contributed by atoms with E-state index in [1.165, 1.54) is 31.0 Å². The topological polar surface area (TPSA) is 71.5 Å². The van der Waals surface area contributed by atoms with Crippen LogP contribution in [0.4, 0.5) is 11.4 Å². The molecular formula is C20H23N3O3. The van der Waals surface area contributed by atoms with Crippen LogP contribution >= 0.6 is 0 Å². The van der Waals surface area contributed by atoms with Gasteiger partial charge in [0, 0.05) is 24.5 Å². The van der Waals surface area contributed by atoms with Crippen LogP contribution in [0.25, 0.3) is 0 Å². The Morgan fingerprint density at radius 1 is 1.04 bits per heavy atom. The summed E-state index contributed by atoms with van der Waals surface area (Å²) in [5.74, 6) is -0.894. The van der Waals surface area contributed by atoms with E-state index in [2.05, 4.69) is 15.2 Å². The maximum absolute atomic E-state index is 12.4. The predicted octanol–water partition coefficient (Wildman–Crippen LogP) is 3.50. The molecule has 6 heteroatoms. The molecule has 1 aliphatic heterocycles. The van der Waals surface area contributed by atoms with Crippen LogP contribution in [-0.4, -0.2) is 36.6 Å². The SMILES string of the molecule is CCOC(=O)c1cccc(C(=O)Nc2ccc(N3CCCCC3)cc2)n1. The number of carbonyl (C=O) groups is 2. The third kappa shape index (κ3) is 4.39. The molecule has 136 valence electrons. The standard InChI is InChI=1S/C20H23N3O3/c1-2-26-20(25)18-8-6-7-17(22-18)19(24)21-15-9-11-16(12-10-15)23-13-4-3-5-14-23/h6-12H,2-5,13-14H2,1H3,(H,21,24). The molecule has 1 aliphatic rings. The summed E-state index contributed by atoms with van der Waals surface area (Å²) in [4.78, 5) is 30.6. The second-order valence-corrected chi connectivity index (χ2v) is 6.18. The average Bonchev–Trinajstić information content (AvgIpc) is 2.69. The van der Waals surface area contributed by atoms with Crippen molar-refractivity contribution in [2.75, 3.05) is 29.9 Å². The highest BCUT2D eigenvalue weighted by Crippen LogP contribution is 2.22. The summed E-state index contributed by atoms with van der Waals surface area (Å²) >= 11 is 0. The minimum Gasteiger partial charge on any atom is -0.461 e. The molecule has 0 unspecified atom stereocenters. The molecule has 1 aromatic heterocycles. The summed E-state index contributed by atoms with van der Waals surface area (Å²) in [7, 11) is 0. The first-order valence-corrected chi connectivity index (χ1v) is 8.98. The largest absolute Gasteiger partial charge is 0.461 e. The maximum atomic E-state index is 12.4. The molecule has 0 spiro atoms. The van der Waals surface area contributed by atoms with Gasteiger partial charge in [0.05, 0.1) is 6.61 Å². The van der Waals surface area contributed by atoms with Gasteiger partial charge in [-0.25, -0.2) is 9.78 Å². The van der Waals surface area contributed by atoms with Gasteiger partial charge in [-0.15, -0.1) is 0 Å². The van der Waals surface area contributed by atoms with Gasteiger partial charge in [0.25, 0.3) is 5.91 Å². The van der Waals surface area contributed by atoms with Crippen molar-refractivity contribution in [2.24, 2.45) is 0 Å². The van der Waals surface area contributed by atoms with Gasteiger partial charge in [0.1, 0.15) is 11.4 Å². The maximum Gasteiger partial charge on any atom is 0.356 e. The van der Waals surface area contributed by atoms with Gasteiger partial charge in [-0.2, -0.15) is 0 Å². The molecule has 3 rings (SSSR count). The third-order valence-corrected chi connectivity index (χ3v) is 4.31. The molecule has 1 N–H and O–H groups in total. The summed E-state index contributed by atoms with van der Waals surface area (Å²) in [6.07, 6.45) is 3.74. The lowest BCUT2D eigenvalue weighted by Crippen LogP contribution is -2.29. The van der Waals surface area contributed by atoms with E-state index in [9.17, 15) is 9.59 Å². The molecule has 0 aliphatic carbocycles. The Morgan fingerprint density at radius 2 is 1.73 bits per heavy atom. The zero-order chi connectivity index (χ0) is 18.4. The Balaban J connectivity index is 1.66. The number of nitrogens with one attached hydrogen (secondary N) is 1. The van der Waals surface area contributed by atoms with E-state index in [0.717, 1.165) is 13.1 Å². The molecular weight excluding hydrogens is 330 g/mol. The molecule has 1 fully saturated rings. The fraction of sp³-hybridized carbons (Fsp3) is 0.350. The molecule has 0 atom stereocenters. The number of carbonyl (C=O) groups excluding carboxylic acids is 2. The third-order valence-electron chi connectivity index (χ3n) is 4.31. The Kier molecular flexibility index (Phi) is 5.84. The Hall–Kier alpha value is -2.89. The van der Waals surface area contributed by atoms with Gasteiger partial charge in [-0.1, -0.05) is 6.07 Å². The fourth-order valence-corrected chi connectivity index (χ4v) is 2.98. The molecule has 1 aromatic carbocycles. The second-order valence-electron chi connectivity index (χ2n) is 6.18. The summed E-state index contributed by atoms with van der Waals surface area (Å²) in [6, 6.07) is 12.5. The van der Waals surface area contributed by atoms with Crippen molar-refractivity contribution < 1.29 is 14.3 Å². The number of rotatable bonds is 5. The zero-order valence-electron chi connectivity index (χ0n) is 14.9. The van der Waals surface area contributed by atoms with Crippen molar-refractivity contribution >= 4 is 23.3 Å². The van der Waals surface area contributed by atoms with Gasteiger partial charge in [-0.05, 0) is 62.6 Å². The van der Waals surface area contributed by atoms with E-state index in [4.69, 9.17) is 4.74 Å². The van der Waals surface area contributed by atoms with E-state index in [1.807, 2.05) is 24.3 Å². The van der Waals surface area contributed by atoms with Gasteiger partial charge >= 0.3 is 5.97 Å². The number of esters is 1. The van der Waals surface area contributed by atoms with E-state index >= 15 is 0 Å². The number of aromatic nitrogens is 1. The average molecular weight is 353 g/mol. The highest BCUT2D eigenvalue weighted by molar-refractivity contribution is 6.03. The molecule has 0 bridgehead atoms. The van der Waals surface area contributed by atoms with E-state index in [-0.39, 0.29) is 23.9 Å². The predicted molar refractivity (Wildman–Crippen MR) is 101 cm³/mol. The van der Waals surface area contributed by atoms with Crippen LogP contribution in [0.5, 0.6) is 0 Å². The summed E-state index contributed by atoms with van der Waals surface area (Å²) in [5, 5.41) is 2.81. The Labute approximate surface area is 153 Å². The normalized spacial score (nSPS) is 14.0. The number of hydrogen-bond acceptors (Lipinski definition) is 5. The molecule has 2 aromatic rings. The van der Waals surface area contributed by atoms with Crippen LogP contribution in [0.3, 0.4) is 0 Å².